The van der Waals surface area contributed by atoms with Crippen LogP contribution < -0.4 is 10.7 Å². The molecule has 0 bridgehead atoms. The number of amides is 1. The Morgan fingerprint density at radius 2 is 1.86 bits per heavy atom. The zero-order chi connectivity index (χ0) is 15.9. The molecule has 0 heterocycles. The number of alkyl carbamates (subject to hydrolysis) is 1. The van der Waals surface area contributed by atoms with Crippen LogP contribution in [0.4, 0.5) is 10.5 Å². The van der Waals surface area contributed by atoms with Crippen molar-refractivity contribution in [3.05, 3.63) is 30.3 Å². The van der Waals surface area contributed by atoms with Crippen LogP contribution in [0.1, 0.15) is 34.6 Å². The first-order chi connectivity index (χ1) is 9.78. The molecule has 5 nitrogen and oxygen atoms in total. The number of hydrogen-bond donors (Lipinski definition) is 2. The number of hydrogen-bond acceptors (Lipinski definition) is 4. The summed E-state index contributed by atoms with van der Waals surface area (Å²) in [7, 11) is 0. The van der Waals surface area contributed by atoms with Gasteiger partial charge in [0.05, 0.1) is 11.7 Å². The molecule has 0 aliphatic rings. The number of anilines is 1. The van der Waals surface area contributed by atoms with Crippen LogP contribution in [0, 0.1) is 5.92 Å². The molecule has 0 saturated carbocycles. The molecule has 0 aliphatic carbocycles. The Balaban J connectivity index is 2.55. The van der Waals surface area contributed by atoms with Gasteiger partial charge in [-0.25, -0.2) is 4.79 Å². The number of nitrogens with zero attached hydrogens (tertiary/aromatic N) is 1. The van der Waals surface area contributed by atoms with E-state index >= 15 is 0 Å². The molecule has 116 valence electrons. The molecule has 0 aliphatic heterocycles. The molecular weight excluding hydrogens is 266 g/mol. The van der Waals surface area contributed by atoms with Crippen LogP contribution in [0.25, 0.3) is 0 Å². The molecule has 1 atom stereocenters. The third-order valence-corrected chi connectivity index (χ3v) is 2.60. The molecule has 0 spiro atoms. The van der Waals surface area contributed by atoms with Gasteiger partial charge in [-0.3, -0.25) is 5.43 Å². The Morgan fingerprint density at radius 1 is 1.24 bits per heavy atom. The smallest absolute Gasteiger partial charge is 0.408 e. The fraction of sp³-hybridized carbons (Fsp3) is 0.500. The molecule has 1 aromatic carbocycles. The zero-order valence-electron chi connectivity index (χ0n) is 13.4. The Labute approximate surface area is 126 Å². The van der Waals surface area contributed by atoms with Crippen LogP contribution in [-0.2, 0) is 4.74 Å². The lowest BCUT2D eigenvalue weighted by molar-refractivity contribution is 0.0509. The maximum atomic E-state index is 11.8. The van der Waals surface area contributed by atoms with Crippen LogP contribution in [0.5, 0.6) is 0 Å². The molecule has 0 radical (unpaired) electrons. The number of carbonyl (C=O) groups is 1. The van der Waals surface area contributed by atoms with Crippen molar-refractivity contribution in [3.8, 4) is 0 Å². The Morgan fingerprint density at radius 3 is 2.38 bits per heavy atom. The van der Waals surface area contributed by atoms with Gasteiger partial charge in [0.15, 0.2) is 0 Å². The van der Waals surface area contributed by atoms with Crippen LogP contribution in [0.15, 0.2) is 35.4 Å². The number of nitrogens with one attached hydrogen (secondary N) is 2. The molecule has 1 aromatic rings. The average Bonchev–Trinajstić information content (AvgIpc) is 2.36. The number of ether oxygens (including phenoxy) is 1. The van der Waals surface area contributed by atoms with Crippen molar-refractivity contribution in [2.24, 2.45) is 11.0 Å². The molecule has 1 amide bonds. The molecule has 0 fully saturated rings. The number of hydrazone groups is 1. The lowest BCUT2D eigenvalue weighted by Crippen LogP contribution is -2.42. The van der Waals surface area contributed by atoms with E-state index in [-0.39, 0.29) is 12.0 Å². The second kappa shape index (κ2) is 7.67. The first-order valence-corrected chi connectivity index (χ1v) is 7.11. The molecule has 0 aromatic heterocycles. The van der Waals surface area contributed by atoms with Gasteiger partial charge in [0.2, 0.25) is 0 Å². The Hall–Kier alpha value is -2.04. The van der Waals surface area contributed by atoms with E-state index in [1.54, 1.807) is 6.21 Å². The van der Waals surface area contributed by atoms with Crippen molar-refractivity contribution >= 4 is 18.0 Å². The van der Waals surface area contributed by atoms with E-state index < -0.39 is 11.7 Å². The fourth-order valence-corrected chi connectivity index (χ4v) is 1.52. The van der Waals surface area contributed by atoms with E-state index in [1.807, 2.05) is 65.0 Å². The first-order valence-electron chi connectivity index (χ1n) is 7.11. The lowest BCUT2D eigenvalue weighted by Gasteiger charge is -2.23. The summed E-state index contributed by atoms with van der Waals surface area (Å²) >= 11 is 0. The van der Waals surface area contributed by atoms with E-state index in [0.29, 0.717) is 0 Å². The Bertz CT molecular complexity index is 464. The number of para-hydroxylation sites is 1. The van der Waals surface area contributed by atoms with Crippen molar-refractivity contribution in [2.45, 2.75) is 46.3 Å². The lowest BCUT2D eigenvalue weighted by atomic mass is 10.1. The predicted octanol–water partition coefficient (Wildman–Crippen LogP) is 3.63. The average molecular weight is 291 g/mol. The summed E-state index contributed by atoms with van der Waals surface area (Å²) in [6, 6.07) is 9.44. The molecule has 1 rings (SSSR count). The maximum absolute atomic E-state index is 11.8. The number of benzene rings is 1. The van der Waals surface area contributed by atoms with E-state index in [2.05, 4.69) is 15.8 Å². The highest BCUT2D eigenvalue weighted by molar-refractivity contribution is 5.76. The standard InChI is InChI=1S/C16H25N3O2/c1-12(2)14(18-15(20)21-16(3,4)5)11-17-19-13-9-7-6-8-10-13/h6-12,14,19H,1-5H3,(H,18,20)/b17-11-/t14-/m1/s1. The van der Waals surface area contributed by atoms with Crippen molar-refractivity contribution in [1.29, 1.82) is 0 Å². The zero-order valence-corrected chi connectivity index (χ0v) is 13.4. The molecule has 0 saturated heterocycles. The van der Waals surface area contributed by atoms with E-state index in [0.717, 1.165) is 5.69 Å². The van der Waals surface area contributed by atoms with Crippen LogP contribution in [-0.4, -0.2) is 24.0 Å². The third-order valence-electron chi connectivity index (χ3n) is 2.60. The minimum atomic E-state index is -0.509. The van der Waals surface area contributed by atoms with Gasteiger partial charge in [0, 0.05) is 6.21 Å². The second-order valence-electron chi connectivity index (χ2n) is 6.17. The quantitative estimate of drug-likeness (QED) is 0.643. The van der Waals surface area contributed by atoms with Crippen molar-refractivity contribution in [2.75, 3.05) is 5.43 Å². The van der Waals surface area contributed by atoms with Gasteiger partial charge in [-0.1, -0.05) is 32.0 Å². The first kappa shape index (κ1) is 17.0. The highest BCUT2D eigenvalue weighted by atomic mass is 16.6. The fourth-order valence-electron chi connectivity index (χ4n) is 1.52. The monoisotopic (exact) mass is 291 g/mol. The van der Waals surface area contributed by atoms with Crippen LogP contribution in [0.2, 0.25) is 0 Å². The SMILES string of the molecule is CC(C)[C@@H](/C=N\Nc1ccccc1)NC(=O)OC(C)(C)C. The molecule has 0 unspecified atom stereocenters. The topological polar surface area (TPSA) is 62.7 Å². The van der Waals surface area contributed by atoms with Gasteiger partial charge in [0.25, 0.3) is 0 Å². The van der Waals surface area contributed by atoms with Crippen molar-refractivity contribution < 1.29 is 9.53 Å². The predicted molar refractivity (Wildman–Crippen MR) is 86.6 cm³/mol. The molecular formula is C16H25N3O2. The summed E-state index contributed by atoms with van der Waals surface area (Å²) in [5.74, 6) is 0.207. The summed E-state index contributed by atoms with van der Waals surface area (Å²) < 4.78 is 5.25. The summed E-state index contributed by atoms with van der Waals surface area (Å²) in [6.07, 6.45) is 1.24. The van der Waals surface area contributed by atoms with E-state index in [4.69, 9.17) is 4.74 Å². The van der Waals surface area contributed by atoms with Crippen LogP contribution >= 0.6 is 0 Å². The summed E-state index contributed by atoms with van der Waals surface area (Å²) in [4.78, 5) is 11.8. The number of rotatable bonds is 5. The number of carbonyl (C=O) groups excluding carboxylic acids is 1. The maximum Gasteiger partial charge on any atom is 0.408 e. The largest absolute Gasteiger partial charge is 0.444 e. The summed E-state index contributed by atoms with van der Waals surface area (Å²) in [5.41, 5.74) is 3.32. The van der Waals surface area contributed by atoms with Gasteiger partial charge in [0.1, 0.15) is 5.60 Å². The molecule has 5 heteroatoms. The van der Waals surface area contributed by atoms with Crippen molar-refractivity contribution in [1.82, 2.24) is 5.32 Å². The van der Waals surface area contributed by atoms with Gasteiger partial charge in [-0.2, -0.15) is 5.10 Å². The normalized spacial score (nSPS) is 13.2. The second-order valence-corrected chi connectivity index (χ2v) is 6.17. The highest BCUT2D eigenvalue weighted by Gasteiger charge is 2.20. The van der Waals surface area contributed by atoms with Crippen LogP contribution in [0.3, 0.4) is 0 Å². The molecule has 2 N–H and O–H groups in total. The third kappa shape index (κ3) is 7.34. The van der Waals surface area contributed by atoms with Gasteiger partial charge >= 0.3 is 6.09 Å². The van der Waals surface area contributed by atoms with Gasteiger partial charge in [-0.05, 0) is 38.8 Å². The molecule has 21 heavy (non-hydrogen) atoms. The van der Waals surface area contributed by atoms with Crippen molar-refractivity contribution in [3.63, 3.8) is 0 Å². The summed E-state index contributed by atoms with van der Waals surface area (Å²) in [5, 5.41) is 6.98. The Kier molecular flexibility index (Phi) is 6.21. The minimum absolute atomic E-state index is 0.198. The summed E-state index contributed by atoms with van der Waals surface area (Å²) in [6.45, 7) is 9.53. The van der Waals surface area contributed by atoms with Gasteiger partial charge in [-0.15, -0.1) is 0 Å². The van der Waals surface area contributed by atoms with E-state index in [1.165, 1.54) is 0 Å². The minimum Gasteiger partial charge on any atom is -0.444 e. The van der Waals surface area contributed by atoms with E-state index in [9.17, 15) is 4.79 Å². The van der Waals surface area contributed by atoms with Gasteiger partial charge < -0.3 is 10.1 Å². The highest BCUT2D eigenvalue weighted by Crippen LogP contribution is 2.08.